The van der Waals surface area contributed by atoms with Gasteiger partial charge in [-0.1, -0.05) is 24.3 Å². The van der Waals surface area contributed by atoms with Crippen LogP contribution in [-0.4, -0.2) is 11.4 Å². The van der Waals surface area contributed by atoms with Crippen LogP contribution < -0.4 is 5.32 Å². The summed E-state index contributed by atoms with van der Waals surface area (Å²) in [5.74, 6) is 0. The highest BCUT2D eigenvalue weighted by Gasteiger charge is 1.97. The molecule has 0 aliphatic heterocycles. The van der Waals surface area contributed by atoms with Gasteiger partial charge in [-0.25, -0.2) is 0 Å². The fourth-order valence-corrected chi connectivity index (χ4v) is 1.48. The van der Waals surface area contributed by atoms with Crippen LogP contribution in [-0.2, 0) is 11.3 Å². The molecule has 0 fully saturated rings. The molecule has 1 aromatic heterocycles. The predicted molar refractivity (Wildman–Crippen MR) is 59.1 cm³/mol. The van der Waals surface area contributed by atoms with Crippen LogP contribution in [0.2, 0.25) is 0 Å². The van der Waals surface area contributed by atoms with Crippen LogP contribution in [0.1, 0.15) is 5.56 Å². The second-order valence-corrected chi connectivity index (χ2v) is 3.30. The topological polar surface area (TPSA) is 44.9 Å². The molecule has 0 atom stereocenters. The Morgan fingerprint density at radius 1 is 1.13 bits per heavy atom. The third kappa shape index (κ3) is 2.26. The molecule has 3 heteroatoms. The Hall–Kier alpha value is -2.03. The van der Waals surface area contributed by atoms with Crippen LogP contribution in [0.3, 0.4) is 0 Å². The first-order valence-corrected chi connectivity index (χ1v) is 4.79. The van der Waals surface area contributed by atoms with E-state index in [2.05, 4.69) is 10.3 Å². The van der Waals surface area contributed by atoms with Crippen molar-refractivity contribution in [2.24, 2.45) is 0 Å². The number of hydrogen-bond acceptors (Lipinski definition) is 1. The van der Waals surface area contributed by atoms with Crippen LogP contribution in [0.25, 0.3) is 11.1 Å². The van der Waals surface area contributed by atoms with Gasteiger partial charge in [0.05, 0.1) is 0 Å². The SMILES string of the molecule is O=CNCc1ccc(-c2cc[nH]c2)cc1. The molecule has 2 aromatic rings. The summed E-state index contributed by atoms with van der Waals surface area (Å²) in [4.78, 5) is 13.1. The first-order chi connectivity index (χ1) is 7.40. The number of rotatable bonds is 4. The maximum atomic E-state index is 10.1. The zero-order valence-corrected chi connectivity index (χ0v) is 8.23. The van der Waals surface area contributed by atoms with E-state index in [1.165, 1.54) is 11.1 Å². The molecule has 1 heterocycles. The largest absolute Gasteiger partial charge is 0.367 e. The third-order valence-corrected chi connectivity index (χ3v) is 2.27. The fourth-order valence-electron chi connectivity index (χ4n) is 1.48. The Balaban J connectivity index is 2.14. The van der Waals surface area contributed by atoms with Gasteiger partial charge in [-0.05, 0) is 22.8 Å². The van der Waals surface area contributed by atoms with Crippen LogP contribution >= 0.6 is 0 Å². The Bertz CT molecular complexity index is 417. The van der Waals surface area contributed by atoms with Gasteiger partial charge in [0.1, 0.15) is 0 Å². The maximum absolute atomic E-state index is 10.1. The number of benzene rings is 1. The van der Waals surface area contributed by atoms with E-state index in [0.29, 0.717) is 13.0 Å². The predicted octanol–water partition coefficient (Wildman–Crippen LogP) is 1.93. The molecule has 0 saturated carbocycles. The van der Waals surface area contributed by atoms with E-state index in [4.69, 9.17) is 0 Å². The minimum absolute atomic E-state index is 0.580. The summed E-state index contributed by atoms with van der Waals surface area (Å²) in [6.45, 7) is 0.580. The number of aromatic nitrogens is 1. The van der Waals surface area contributed by atoms with Crippen LogP contribution in [0.15, 0.2) is 42.7 Å². The lowest BCUT2D eigenvalue weighted by molar-refractivity contribution is -0.109. The van der Waals surface area contributed by atoms with Gasteiger partial charge in [0.25, 0.3) is 0 Å². The van der Waals surface area contributed by atoms with Crippen molar-refractivity contribution in [1.29, 1.82) is 0 Å². The van der Waals surface area contributed by atoms with Gasteiger partial charge in [0.2, 0.25) is 6.41 Å². The van der Waals surface area contributed by atoms with E-state index in [-0.39, 0.29) is 0 Å². The van der Waals surface area contributed by atoms with Crippen LogP contribution in [0, 0.1) is 0 Å². The average molecular weight is 200 g/mol. The molecular formula is C12H12N2O. The van der Waals surface area contributed by atoms with Gasteiger partial charge >= 0.3 is 0 Å². The lowest BCUT2D eigenvalue weighted by atomic mass is 10.1. The highest BCUT2D eigenvalue weighted by molar-refractivity contribution is 5.62. The van der Waals surface area contributed by atoms with Crippen LogP contribution in [0.5, 0.6) is 0 Å². The molecule has 0 radical (unpaired) electrons. The van der Waals surface area contributed by atoms with Gasteiger partial charge in [-0.3, -0.25) is 4.79 Å². The van der Waals surface area contributed by atoms with Crippen molar-refractivity contribution in [3.63, 3.8) is 0 Å². The molecule has 2 rings (SSSR count). The lowest BCUT2D eigenvalue weighted by Gasteiger charge is -2.01. The van der Waals surface area contributed by atoms with Crippen molar-refractivity contribution in [3.05, 3.63) is 48.3 Å². The van der Waals surface area contributed by atoms with E-state index in [9.17, 15) is 4.79 Å². The smallest absolute Gasteiger partial charge is 0.207 e. The highest BCUT2D eigenvalue weighted by Crippen LogP contribution is 2.18. The van der Waals surface area contributed by atoms with E-state index in [1.54, 1.807) is 0 Å². The zero-order valence-electron chi connectivity index (χ0n) is 8.23. The molecular weight excluding hydrogens is 188 g/mol. The standard InChI is InChI=1S/C12H12N2O/c15-9-14-7-10-1-3-11(4-2-10)12-5-6-13-8-12/h1-6,8-9,13H,7H2,(H,14,15). The summed E-state index contributed by atoms with van der Waals surface area (Å²) in [5.41, 5.74) is 3.44. The highest BCUT2D eigenvalue weighted by atomic mass is 16.1. The fraction of sp³-hybridized carbons (Fsp3) is 0.0833. The summed E-state index contributed by atoms with van der Waals surface area (Å²) in [7, 11) is 0. The summed E-state index contributed by atoms with van der Waals surface area (Å²) in [6, 6.07) is 10.1. The van der Waals surface area contributed by atoms with Gasteiger partial charge in [-0.2, -0.15) is 0 Å². The van der Waals surface area contributed by atoms with E-state index in [1.807, 2.05) is 42.7 Å². The number of nitrogens with one attached hydrogen (secondary N) is 2. The Labute approximate surface area is 88.1 Å². The second-order valence-electron chi connectivity index (χ2n) is 3.30. The number of carbonyl (C=O) groups excluding carboxylic acids is 1. The molecule has 76 valence electrons. The number of hydrogen-bond donors (Lipinski definition) is 2. The molecule has 1 aromatic carbocycles. The molecule has 1 amide bonds. The monoisotopic (exact) mass is 200 g/mol. The van der Waals surface area contributed by atoms with Crippen molar-refractivity contribution in [1.82, 2.24) is 10.3 Å². The average Bonchev–Trinajstić information content (AvgIpc) is 2.80. The van der Waals surface area contributed by atoms with Crippen molar-refractivity contribution in [3.8, 4) is 11.1 Å². The Morgan fingerprint density at radius 3 is 2.53 bits per heavy atom. The quantitative estimate of drug-likeness (QED) is 0.728. The molecule has 3 nitrogen and oxygen atoms in total. The van der Waals surface area contributed by atoms with Crippen molar-refractivity contribution in [2.45, 2.75) is 6.54 Å². The van der Waals surface area contributed by atoms with Crippen molar-refractivity contribution < 1.29 is 4.79 Å². The molecule has 2 N–H and O–H groups in total. The van der Waals surface area contributed by atoms with Gasteiger partial charge in [-0.15, -0.1) is 0 Å². The van der Waals surface area contributed by atoms with Crippen molar-refractivity contribution >= 4 is 6.41 Å². The number of H-pyrrole nitrogens is 1. The number of aromatic amines is 1. The maximum Gasteiger partial charge on any atom is 0.207 e. The van der Waals surface area contributed by atoms with E-state index < -0.39 is 0 Å². The first-order valence-electron chi connectivity index (χ1n) is 4.79. The molecule has 15 heavy (non-hydrogen) atoms. The summed E-state index contributed by atoms with van der Waals surface area (Å²) >= 11 is 0. The Kier molecular flexibility index (Phi) is 2.83. The molecule has 0 unspecified atom stereocenters. The number of amides is 1. The normalized spacial score (nSPS) is 9.87. The van der Waals surface area contributed by atoms with Gasteiger partial charge in [0, 0.05) is 18.9 Å². The summed E-state index contributed by atoms with van der Waals surface area (Å²) in [5, 5.41) is 2.63. The Morgan fingerprint density at radius 2 is 1.93 bits per heavy atom. The van der Waals surface area contributed by atoms with Crippen molar-refractivity contribution in [2.75, 3.05) is 0 Å². The van der Waals surface area contributed by atoms with E-state index >= 15 is 0 Å². The molecule has 0 saturated heterocycles. The van der Waals surface area contributed by atoms with E-state index in [0.717, 1.165) is 5.56 Å². The minimum atomic E-state index is 0.580. The van der Waals surface area contributed by atoms with Gasteiger partial charge in [0.15, 0.2) is 0 Å². The lowest BCUT2D eigenvalue weighted by Crippen LogP contribution is -2.09. The first kappa shape index (κ1) is 9.52. The molecule has 0 aliphatic rings. The van der Waals surface area contributed by atoms with Crippen LogP contribution in [0.4, 0.5) is 0 Å². The zero-order chi connectivity index (χ0) is 10.5. The number of carbonyl (C=O) groups is 1. The third-order valence-electron chi connectivity index (χ3n) is 2.27. The molecule has 0 bridgehead atoms. The second kappa shape index (κ2) is 4.46. The molecule has 0 spiro atoms. The summed E-state index contributed by atoms with van der Waals surface area (Å²) < 4.78 is 0. The summed E-state index contributed by atoms with van der Waals surface area (Å²) in [6.07, 6.45) is 4.57. The van der Waals surface area contributed by atoms with Gasteiger partial charge < -0.3 is 10.3 Å². The molecule has 0 aliphatic carbocycles. The minimum Gasteiger partial charge on any atom is -0.367 e.